The SMILES string of the molecule is N[C@@H](CS)CCc1ccccc1. The van der Waals surface area contributed by atoms with E-state index in [2.05, 4.69) is 36.9 Å². The molecule has 0 heterocycles. The third kappa shape index (κ3) is 3.28. The molecular weight excluding hydrogens is 166 g/mol. The number of rotatable bonds is 4. The van der Waals surface area contributed by atoms with Gasteiger partial charge in [0.05, 0.1) is 0 Å². The molecule has 1 rings (SSSR count). The van der Waals surface area contributed by atoms with E-state index in [4.69, 9.17) is 5.73 Å². The van der Waals surface area contributed by atoms with Gasteiger partial charge in [0.15, 0.2) is 0 Å². The maximum absolute atomic E-state index is 5.74. The summed E-state index contributed by atoms with van der Waals surface area (Å²) in [5.74, 6) is 0.771. The summed E-state index contributed by atoms with van der Waals surface area (Å²) in [6.07, 6.45) is 2.08. The summed E-state index contributed by atoms with van der Waals surface area (Å²) >= 11 is 4.14. The minimum absolute atomic E-state index is 0.230. The van der Waals surface area contributed by atoms with Gasteiger partial charge in [-0.1, -0.05) is 30.3 Å². The molecule has 0 radical (unpaired) electrons. The van der Waals surface area contributed by atoms with Crippen molar-refractivity contribution in [2.75, 3.05) is 5.75 Å². The zero-order valence-electron chi connectivity index (χ0n) is 7.11. The third-order valence-electron chi connectivity index (χ3n) is 1.88. The standard InChI is InChI=1S/C10H15NS/c11-10(8-12)7-6-9-4-2-1-3-5-9/h1-5,10,12H,6-8,11H2/t10-/m1/s1. The van der Waals surface area contributed by atoms with E-state index in [0.29, 0.717) is 0 Å². The Morgan fingerprint density at radius 2 is 1.92 bits per heavy atom. The number of hydrogen-bond donors (Lipinski definition) is 2. The van der Waals surface area contributed by atoms with Crippen LogP contribution in [0.15, 0.2) is 30.3 Å². The van der Waals surface area contributed by atoms with Crippen LogP contribution >= 0.6 is 12.6 Å². The van der Waals surface area contributed by atoms with Crippen LogP contribution in [0.25, 0.3) is 0 Å². The van der Waals surface area contributed by atoms with Crippen molar-refractivity contribution in [1.29, 1.82) is 0 Å². The first-order chi connectivity index (χ1) is 5.83. The molecule has 1 aromatic rings. The molecule has 2 N–H and O–H groups in total. The highest BCUT2D eigenvalue weighted by Gasteiger charge is 1.99. The van der Waals surface area contributed by atoms with Crippen LogP contribution in [0.2, 0.25) is 0 Å². The number of thiol groups is 1. The Morgan fingerprint density at radius 3 is 2.50 bits per heavy atom. The Kier molecular flexibility index (Phi) is 4.19. The van der Waals surface area contributed by atoms with Crippen LogP contribution in [-0.2, 0) is 6.42 Å². The number of hydrogen-bond acceptors (Lipinski definition) is 2. The van der Waals surface area contributed by atoms with Crippen LogP contribution in [0.3, 0.4) is 0 Å². The van der Waals surface area contributed by atoms with Crippen molar-refractivity contribution in [2.45, 2.75) is 18.9 Å². The average Bonchev–Trinajstić information content (AvgIpc) is 2.16. The van der Waals surface area contributed by atoms with Crippen molar-refractivity contribution in [2.24, 2.45) is 5.73 Å². The topological polar surface area (TPSA) is 26.0 Å². The normalized spacial score (nSPS) is 12.8. The van der Waals surface area contributed by atoms with Crippen molar-refractivity contribution >= 4 is 12.6 Å². The molecular formula is C10H15NS. The number of benzene rings is 1. The van der Waals surface area contributed by atoms with Crippen LogP contribution < -0.4 is 5.73 Å². The molecule has 0 spiro atoms. The molecule has 0 saturated heterocycles. The maximum Gasteiger partial charge on any atom is 0.0131 e. The smallest absolute Gasteiger partial charge is 0.0131 e. The van der Waals surface area contributed by atoms with Crippen molar-refractivity contribution < 1.29 is 0 Å². The Morgan fingerprint density at radius 1 is 1.25 bits per heavy atom. The van der Waals surface area contributed by atoms with Crippen LogP contribution in [0.1, 0.15) is 12.0 Å². The molecule has 1 nitrogen and oxygen atoms in total. The molecule has 66 valence electrons. The van der Waals surface area contributed by atoms with Gasteiger partial charge in [-0.2, -0.15) is 12.6 Å². The second-order valence-corrected chi connectivity index (χ2v) is 3.33. The number of nitrogens with two attached hydrogens (primary N) is 1. The highest BCUT2D eigenvalue weighted by Crippen LogP contribution is 2.04. The Hall–Kier alpha value is -0.470. The van der Waals surface area contributed by atoms with Gasteiger partial charge in [-0.3, -0.25) is 0 Å². The van der Waals surface area contributed by atoms with E-state index in [1.54, 1.807) is 0 Å². The molecule has 0 aliphatic heterocycles. The van der Waals surface area contributed by atoms with Gasteiger partial charge < -0.3 is 5.73 Å². The van der Waals surface area contributed by atoms with Crippen LogP contribution in [0.4, 0.5) is 0 Å². The first kappa shape index (κ1) is 9.62. The molecule has 0 aliphatic carbocycles. The van der Waals surface area contributed by atoms with Gasteiger partial charge in [-0.25, -0.2) is 0 Å². The predicted molar refractivity (Wildman–Crippen MR) is 56.6 cm³/mol. The van der Waals surface area contributed by atoms with E-state index in [-0.39, 0.29) is 6.04 Å². The zero-order chi connectivity index (χ0) is 8.81. The van der Waals surface area contributed by atoms with Crippen LogP contribution in [0.5, 0.6) is 0 Å². The van der Waals surface area contributed by atoms with Crippen molar-refractivity contribution in [3.8, 4) is 0 Å². The van der Waals surface area contributed by atoms with Gasteiger partial charge in [-0.15, -0.1) is 0 Å². The quantitative estimate of drug-likeness (QED) is 0.681. The molecule has 1 aromatic carbocycles. The molecule has 0 bridgehead atoms. The molecule has 0 amide bonds. The summed E-state index contributed by atoms with van der Waals surface area (Å²) in [5, 5.41) is 0. The van der Waals surface area contributed by atoms with Gasteiger partial charge in [0, 0.05) is 11.8 Å². The molecule has 0 saturated carbocycles. The molecule has 0 aromatic heterocycles. The van der Waals surface area contributed by atoms with Crippen molar-refractivity contribution in [3.05, 3.63) is 35.9 Å². The molecule has 2 heteroatoms. The fourth-order valence-electron chi connectivity index (χ4n) is 1.09. The highest BCUT2D eigenvalue weighted by molar-refractivity contribution is 7.80. The predicted octanol–water partition coefficient (Wildman–Crippen LogP) is 1.88. The van der Waals surface area contributed by atoms with E-state index >= 15 is 0 Å². The zero-order valence-corrected chi connectivity index (χ0v) is 8.00. The molecule has 0 aliphatic rings. The summed E-state index contributed by atoms with van der Waals surface area (Å²) < 4.78 is 0. The monoisotopic (exact) mass is 181 g/mol. The first-order valence-corrected chi connectivity index (χ1v) is 4.86. The summed E-state index contributed by atoms with van der Waals surface area (Å²) in [4.78, 5) is 0. The molecule has 12 heavy (non-hydrogen) atoms. The number of aryl methyl sites for hydroxylation is 1. The van der Waals surface area contributed by atoms with E-state index < -0.39 is 0 Å². The van der Waals surface area contributed by atoms with E-state index in [1.165, 1.54) is 5.56 Å². The first-order valence-electron chi connectivity index (χ1n) is 4.23. The molecule has 1 atom stereocenters. The maximum atomic E-state index is 5.74. The van der Waals surface area contributed by atoms with Gasteiger partial charge in [0.2, 0.25) is 0 Å². The summed E-state index contributed by atoms with van der Waals surface area (Å²) in [7, 11) is 0. The van der Waals surface area contributed by atoms with Gasteiger partial charge in [0.1, 0.15) is 0 Å². The van der Waals surface area contributed by atoms with Crippen LogP contribution in [-0.4, -0.2) is 11.8 Å². The highest BCUT2D eigenvalue weighted by atomic mass is 32.1. The van der Waals surface area contributed by atoms with Gasteiger partial charge in [0.25, 0.3) is 0 Å². The lowest BCUT2D eigenvalue weighted by atomic mass is 10.1. The average molecular weight is 181 g/mol. The summed E-state index contributed by atoms with van der Waals surface area (Å²) in [6, 6.07) is 10.6. The second kappa shape index (κ2) is 5.22. The van der Waals surface area contributed by atoms with Crippen molar-refractivity contribution in [1.82, 2.24) is 0 Å². The fourth-order valence-corrected chi connectivity index (χ4v) is 1.27. The minimum atomic E-state index is 0.230. The van der Waals surface area contributed by atoms with Gasteiger partial charge in [-0.05, 0) is 18.4 Å². The van der Waals surface area contributed by atoms with E-state index in [1.807, 2.05) is 6.07 Å². The van der Waals surface area contributed by atoms with Crippen molar-refractivity contribution in [3.63, 3.8) is 0 Å². The lowest BCUT2D eigenvalue weighted by Crippen LogP contribution is -2.22. The lowest BCUT2D eigenvalue weighted by Gasteiger charge is -2.06. The van der Waals surface area contributed by atoms with Gasteiger partial charge >= 0.3 is 0 Å². The minimum Gasteiger partial charge on any atom is -0.327 e. The van der Waals surface area contributed by atoms with E-state index in [9.17, 15) is 0 Å². The van der Waals surface area contributed by atoms with E-state index in [0.717, 1.165) is 18.6 Å². The Labute approximate surface area is 79.4 Å². The lowest BCUT2D eigenvalue weighted by molar-refractivity contribution is 0.676. The van der Waals surface area contributed by atoms with Crippen LogP contribution in [0, 0.1) is 0 Å². The fraction of sp³-hybridized carbons (Fsp3) is 0.400. The molecule has 0 fully saturated rings. The third-order valence-corrected chi connectivity index (χ3v) is 2.35. The summed E-state index contributed by atoms with van der Waals surface area (Å²) in [5.41, 5.74) is 7.10. The largest absolute Gasteiger partial charge is 0.327 e. The Bertz CT molecular complexity index is 210. The Balaban J connectivity index is 2.33. The molecule has 0 unspecified atom stereocenters. The second-order valence-electron chi connectivity index (χ2n) is 2.97. The summed E-state index contributed by atoms with van der Waals surface area (Å²) in [6.45, 7) is 0.